The third-order valence-corrected chi connectivity index (χ3v) is 6.81. The standard InChI is InChI=1S/C26H34N8O2/c1-14(2)33-12-15(3)36-26-24(17(5)28-31-26)22-11-20-21(29-30-25(20)18(6)27-22)8-7-19-16(4)32-34(9-10-35)23(19)13-33/h7-8,11,14-15,35H,9-10,12-13H2,1-6H3,(H,28,31)(H,29,30)/b8-7+. The highest BCUT2D eigenvalue weighted by Gasteiger charge is 2.24. The van der Waals surface area contributed by atoms with Crippen LogP contribution in [0.25, 0.3) is 34.3 Å². The molecule has 0 amide bonds. The van der Waals surface area contributed by atoms with E-state index < -0.39 is 0 Å². The summed E-state index contributed by atoms with van der Waals surface area (Å²) in [5.41, 5.74) is 8.16. The van der Waals surface area contributed by atoms with E-state index >= 15 is 0 Å². The Balaban J connectivity index is 1.73. The maximum Gasteiger partial charge on any atom is 0.242 e. The summed E-state index contributed by atoms with van der Waals surface area (Å²) in [7, 11) is 0. The number of fused-ring (bicyclic) bond motifs is 4. The predicted octanol–water partition coefficient (Wildman–Crippen LogP) is 3.62. The third-order valence-electron chi connectivity index (χ3n) is 6.81. The third kappa shape index (κ3) is 4.31. The lowest BCUT2D eigenvalue weighted by Crippen LogP contribution is -2.39. The Hall–Kier alpha value is -3.50. The lowest BCUT2D eigenvalue weighted by molar-refractivity contribution is 0.112. The molecule has 4 aromatic heterocycles. The van der Waals surface area contributed by atoms with Crippen LogP contribution in [0.15, 0.2) is 6.07 Å². The van der Waals surface area contributed by atoms with Crippen LogP contribution in [0.3, 0.4) is 0 Å². The molecule has 10 heteroatoms. The van der Waals surface area contributed by atoms with Crippen molar-refractivity contribution in [1.29, 1.82) is 0 Å². The number of rotatable bonds is 3. The molecule has 5 rings (SSSR count). The quantitative estimate of drug-likeness (QED) is 0.401. The number of aryl methyl sites for hydroxylation is 3. The van der Waals surface area contributed by atoms with Crippen molar-refractivity contribution in [3.63, 3.8) is 0 Å². The monoisotopic (exact) mass is 490 g/mol. The summed E-state index contributed by atoms with van der Waals surface area (Å²) in [5, 5.41) is 30.7. The van der Waals surface area contributed by atoms with Gasteiger partial charge in [0.1, 0.15) is 11.6 Å². The molecule has 5 heterocycles. The van der Waals surface area contributed by atoms with Crippen molar-refractivity contribution in [2.75, 3.05) is 13.2 Å². The van der Waals surface area contributed by atoms with Crippen molar-refractivity contribution in [1.82, 2.24) is 40.1 Å². The van der Waals surface area contributed by atoms with Gasteiger partial charge in [-0.15, -0.1) is 5.10 Å². The highest BCUT2D eigenvalue weighted by atomic mass is 16.5. The molecule has 0 spiro atoms. The number of hydrogen-bond acceptors (Lipinski definition) is 7. The van der Waals surface area contributed by atoms with Crippen molar-refractivity contribution in [3.05, 3.63) is 40.1 Å². The minimum atomic E-state index is -0.123. The van der Waals surface area contributed by atoms with Crippen LogP contribution in [0.5, 0.6) is 5.88 Å². The molecular weight excluding hydrogens is 456 g/mol. The molecule has 10 nitrogen and oxygen atoms in total. The first-order valence-electron chi connectivity index (χ1n) is 12.4. The summed E-state index contributed by atoms with van der Waals surface area (Å²) < 4.78 is 8.32. The number of pyridine rings is 1. The van der Waals surface area contributed by atoms with Gasteiger partial charge in [-0.05, 0) is 59.8 Å². The Morgan fingerprint density at radius 3 is 2.69 bits per heavy atom. The van der Waals surface area contributed by atoms with Gasteiger partial charge in [-0.1, -0.05) is 0 Å². The maximum absolute atomic E-state index is 9.69. The molecule has 1 unspecified atom stereocenters. The molecule has 3 N–H and O–H groups in total. The van der Waals surface area contributed by atoms with E-state index in [2.05, 4.69) is 58.2 Å². The first kappa shape index (κ1) is 24.2. The number of H-pyrrole nitrogens is 2. The zero-order valence-corrected chi connectivity index (χ0v) is 21.8. The zero-order chi connectivity index (χ0) is 25.6. The van der Waals surface area contributed by atoms with Crippen molar-refractivity contribution in [2.24, 2.45) is 0 Å². The van der Waals surface area contributed by atoms with Gasteiger partial charge in [0.25, 0.3) is 0 Å². The fourth-order valence-electron chi connectivity index (χ4n) is 4.92. The number of aromatic nitrogens is 7. The Morgan fingerprint density at radius 1 is 1.14 bits per heavy atom. The fourth-order valence-corrected chi connectivity index (χ4v) is 4.92. The van der Waals surface area contributed by atoms with Crippen molar-refractivity contribution in [3.8, 4) is 17.1 Å². The molecule has 0 saturated carbocycles. The Labute approximate surface area is 210 Å². The molecule has 0 fully saturated rings. The second-order valence-corrected chi connectivity index (χ2v) is 9.83. The molecule has 1 aliphatic rings. The van der Waals surface area contributed by atoms with Gasteiger partial charge in [0.2, 0.25) is 5.88 Å². The van der Waals surface area contributed by atoms with Crippen LogP contribution < -0.4 is 4.74 Å². The number of hydrogen-bond donors (Lipinski definition) is 3. The highest BCUT2D eigenvalue weighted by molar-refractivity contribution is 5.93. The first-order chi connectivity index (χ1) is 17.3. The van der Waals surface area contributed by atoms with E-state index in [4.69, 9.17) is 14.8 Å². The van der Waals surface area contributed by atoms with Crippen LogP contribution in [0, 0.1) is 20.8 Å². The summed E-state index contributed by atoms with van der Waals surface area (Å²) in [6, 6.07) is 2.32. The molecule has 0 aliphatic carbocycles. The Morgan fingerprint density at radius 2 is 1.94 bits per heavy atom. The molecule has 1 aliphatic heterocycles. The normalized spacial score (nSPS) is 17.6. The van der Waals surface area contributed by atoms with Gasteiger partial charge in [-0.2, -0.15) is 10.2 Å². The number of aliphatic hydroxyl groups excluding tert-OH is 1. The zero-order valence-electron chi connectivity index (χ0n) is 21.8. The number of aliphatic hydroxyl groups is 1. The van der Waals surface area contributed by atoms with Crippen LogP contribution in [0.4, 0.5) is 0 Å². The molecule has 0 radical (unpaired) electrons. The van der Waals surface area contributed by atoms with Crippen LogP contribution >= 0.6 is 0 Å². The number of nitrogens with one attached hydrogen (secondary N) is 2. The van der Waals surface area contributed by atoms with Gasteiger partial charge in [0, 0.05) is 35.8 Å². The number of aromatic amines is 2. The summed E-state index contributed by atoms with van der Waals surface area (Å²) in [4.78, 5) is 7.21. The minimum absolute atomic E-state index is 0.0278. The van der Waals surface area contributed by atoms with Gasteiger partial charge >= 0.3 is 0 Å². The minimum Gasteiger partial charge on any atom is -0.472 e. The number of ether oxygens (including phenoxy) is 1. The molecule has 190 valence electrons. The maximum atomic E-state index is 9.69. The van der Waals surface area contributed by atoms with Crippen LogP contribution in [0.1, 0.15) is 54.8 Å². The largest absolute Gasteiger partial charge is 0.472 e. The molecule has 2 bridgehead atoms. The smallest absolute Gasteiger partial charge is 0.242 e. The molecule has 36 heavy (non-hydrogen) atoms. The molecular formula is C26H34N8O2. The Bertz CT molecular complexity index is 1430. The van der Waals surface area contributed by atoms with E-state index in [1.807, 2.05) is 31.5 Å². The van der Waals surface area contributed by atoms with Gasteiger partial charge in [-0.25, -0.2) is 0 Å². The van der Waals surface area contributed by atoms with Crippen molar-refractivity contribution < 1.29 is 9.84 Å². The van der Waals surface area contributed by atoms with E-state index in [1.165, 1.54) is 0 Å². The van der Waals surface area contributed by atoms with Crippen LogP contribution in [-0.4, -0.2) is 70.5 Å². The molecule has 4 aromatic rings. The lowest BCUT2D eigenvalue weighted by atomic mass is 10.1. The summed E-state index contributed by atoms with van der Waals surface area (Å²) in [6.07, 6.45) is 4.03. The van der Waals surface area contributed by atoms with E-state index in [9.17, 15) is 5.11 Å². The van der Waals surface area contributed by atoms with Crippen molar-refractivity contribution >= 4 is 23.1 Å². The number of nitrogens with zero attached hydrogens (tertiary/aromatic N) is 6. The average molecular weight is 491 g/mol. The van der Waals surface area contributed by atoms with Gasteiger partial charge in [0.15, 0.2) is 0 Å². The second-order valence-electron chi connectivity index (χ2n) is 9.83. The summed E-state index contributed by atoms with van der Waals surface area (Å²) in [6.45, 7) is 14.2. The van der Waals surface area contributed by atoms with Gasteiger partial charge in [0.05, 0.1) is 47.2 Å². The summed E-state index contributed by atoms with van der Waals surface area (Å²) in [5.74, 6) is 0.548. The predicted molar refractivity (Wildman–Crippen MR) is 140 cm³/mol. The molecule has 0 aromatic carbocycles. The van der Waals surface area contributed by atoms with E-state index in [0.717, 1.165) is 56.2 Å². The topological polar surface area (TPSA) is 121 Å². The van der Waals surface area contributed by atoms with E-state index in [-0.39, 0.29) is 18.8 Å². The molecule has 1 atom stereocenters. The second kappa shape index (κ2) is 9.51. The Kier molecular flexibility index (Phi) is 6.40. The SMILES string of the molecule is Cc1nn(CCO)c2c1/C=C/c1[nH]nc3c(C)nc(cc13)-c1c(n[nH]c1C)OC(C)CN(C(C)C)C2. The van der Waals surface area contributed by atoms with Gasteiger partial charge in [-0.3, -0.25) is 24.8 Å². The first-order valence-corrected chi connectivity index (χ1v) is 12.4. The van der Waals surface area contributed by atoms with Gasteiger partial charge < -0.3 is 9.84 Å². The summed E-state index contributed by atoms with van der Waals surface area (Å²) >= 11 is 0. The highest BCUT2D eigenvalue weighted by Crippen LogP contribution is 2.34. The van der Waals surface area contributed by atoms with Crippen LogP contribution in [0.2, 0.25) is 0 Å². The molecule has 0 saturated heterocycles. The fraction of sp³-hybridized carbons (Fsp3) is 0.462. The average Bonchev–Trinajstić information content (AvgIpc) is 3.47. The van der Waals surface area contributed by atoms with E-state index in [0.29, 0.717) is 25.5 Å². The van der Waals surface area contributed by atoms with E-state index in [1.54, 1.807) is 0 Å². The lowest BCUT2D eigenvalue weighted by Gasteiger charge is -2.29. The van der Waals surface area contributed by atoms with Crippen molar-refractivity contribution in [2.45, 2.75) is 66.8 Å². The van der Waals surface area contributed by atoms with Crippen LogP contribution in [-0.2, 0) is 13.1 Å².